The van der Waals surface area contributed by atoms with Gasteiger partial charge in [-0.1, -0.05) is 6.07 Å². The van der Waals surface area contributed by atoms with Crippen LogP contribution in [0.2, 0.25) is 0 Å². The zero-order valence-electron chi connectivity index (χ0n) is 15.1. The second-order valence-electron chi connectivity index (χ2n) is 6.48. The van der Waals surface area contributed by atoms with E-state index in [0.29, 0.717) is 11.3 Å². The lowest BCUT2D eigenvalue weighted by atomic mass is 10.1. The lowest BCUT2D eigenvalue weighted by Gasteiger charge is -2.14. The predicted molar refractivity (Wildman–Crippen MR) is 104 cm³/mol. The molecule has 6 nitrogen and oxygen atoms in total. The van der Waals surface area contributed by atoms with E-state index in [2.05, 4.69) is 10.6 Å². The van der Waals surface area contributed by atoms with Crippen molar-refractivity contribution in [2.24, 2.45) is 0 Å². The Morgan fingerprint density at radius 3 is 2.78 bits per heavy atom. The summed E-state index contributed by atoms with van der Waals surface area (Å²) in [6.07, 6.45) is 2.36. The fraction of sp³-hybridized carbons (Fsp3) is 0.350. The number of amides is 2. The number of fused-ring (bicyclic) bond motifs is 1. The molecule has 2 aromatic rings. The molecule has 0 bridgehead atoms. The summed E-state index contributed by atoms with van der Waals surface area (Å²) in [6.45, 7) is 1.69. The molecule has 0 radical (unpaired) electrons. The Hall–Kier alpha value is -2.67. The van der Waals surface area contributed by atoms with Crippen LogP contribution < -0.4 is 10.6 Å². The molecule has 1 aromatic heterocycles. The zero-order chi connectivity index (χ0) is 19.2. The maximum Gasteiger partial charge on any atom is 0.308 e. The van der Waals surface area contributed by atoms with Crippen LogP contribution in [0, 0.1) is 0 Å². The first-order chi connectivity index (χ1) is 13.0. The molecule has 27 heavy (non-hydrogen) atoms. The van der Waals surface area contributed by atoms with E-state index in [4.69, 9.17) is 4.74 Å². The van der Waals surface area contributed by atoms with Gasteiger partial charge in [0.2, 0.25) is 0 Å². The summed E-state index contributed by atoms with van der Waals surface area (Å²) in [5.74, 6) is -1.13. The second kappa shape index (κ2) is 8.81. The summed E-state index contributed by atoms with van der Waals surface area (Å²) >= 11 is 1.43. The van der Waals surface area contributed by atoms with Crippen LogP contribution in [-0.4, -0.2) is 30.4 Å². The molecule has 0 fully saturated rings. The minimum atomic E-state index is -0.904. The molecule has 2 N–H and O–H groups in total. The van der Waals surface area contributed by atoms with Crippen molar-refractivity contribution in [3.63, 3.8) is 0 Å². The van der Waals surface area contributed by atoms with Gasteiger partial charge in [0.1, 0.15) is 0 Å². The molecule has 3 rings (SSSR count). The van der Waals surface area contributed by atoms with Gasteiger partial charge in [-0.05, 0) is 60.9 Å². The van der Waals surface area contributed by atoms with Crippen LogP contribution in [0.5, 0.6) is 0 Å². The van der Waals surface area contributed by atoms with Crippen LogP contribution in [-0.2, 0) is 27.2 Å². The third kappa shape index (κ3) is 5.17. The third-order valence-electron chi connectivity index (χ3n) is 4.44. The number of anilines is 1. The molecule has 1 aliphatic rings. The molecule has 0 spiro atoms. The minimum Gasteiger partial charge on any atom is -0.452 e. The van der Waals surface area contributed by atoms with Gasteiger partial charge in [-0.15, -0.1) is 0 Å². The van der Waals surface area contributed by atoms with Gasteiger partial charge in [0.15, 0.2) is 6.10 Å². The Labute approximate surface area is 161 Å². The number of rotatable bonds is 7. The van der Waals surface area contributed by atoms with Crippen molar-refractivity contribution < 1.29 is 19.1 Å². The summed E-state index contributed by atoms with van der Waals surface area (Å²) in [6, 6.07) is 7.60. The van der Waals surface area contributed by atoms with Crippen molar-refractivity contribution >= 4 is 34.8 Å². The third-order valence-corrected chi connectivity index (χ3v) is 5.12. The lowest BCUT2D eigenvalue weighted by Crippen LogP contribution is -2.32. The van der Waals surface area contributed by atoms with Gasteiger partial charge in [-0.2, -0.15) is 11.3 Å². The normalized spacial score (nSPS) is 13.5. The lowest BCUT2D eigenvalue weighted by molar-refractivity contribution is -0.153. The number of esters is 1. The van der Waals surface area contributed by atoms with Crippen molar-refractivity contribution in [2.45, 2.75) is 38.7 Å². The van der Waals surface area contributed by atoms with Crippen LogP contribution in [0.25, 0.3) is 0 Å². The molecule has 142 valence electrons. The summed E-state index contributed by atoms with van der Waals surface area (Å²) in [7, 11) is 0. The summed E-state index contributed by atoms with van der Waals surface area (Å²) in [5, 5.41) is 8.98. The second-order valence-corrected chi connectivity index (χ2v) is 7.26. The average molecular weight is 386 g/mol. The van der Waals surface area contributed by atoms with E-state index in [0.717, 1.165) is 19.3 Å². The predicted octanol–water partition coefficient (Wildman–Crippen LogP) is 2.93. The Balaban J connectivity index is 1.41. The first-order valence-corrected chi connectivity index (χ1v) is 9.90. The van der Waals surface area contributed by atoms with Crippen LogP contribution in [0.1, 0.15) is 41.3 Å². The number of hydrogen-bond donors (Lipinski definition) is 2. The van der Waals surface area contributed by atoms with E-state index < -0.39 is 12.1 Å². The molecule has 0 saturated carbocycles. The molecule has 1 unspecified atom stereocenters. The molecule has 1 aromatic carbocycles. The highest BCUT2D eigenvalue weighted by atomic mass is 32.1. The number of ether oxygens (including phenoxy) is 1. The minimum absolute atomic E-state index is 0.00629. The number of benzene rings is 1. The standard InChI is InChI=1S/C20H22N2O4S/c1-13(19(24)22-17-6-5-14-3-2-4-15(14)11-17)26-18(23)7-9-21-20(25)16-8-10-27-12-16/h5-6,8,10-13H,2-4,7,9H2,1H3,(H,21,25)(H,22,24). The summed E-state index contributed by atoms with van der Waals surface area (Å²) < 4.78 is 5.15. The zero-order valence-corrected chi connectivity index (χ0v) is 15.9. The Morgan fingerprint density at radius 1 is 1.19 bits per heavy atom. The van der Waals surface area contributed by atoms with Crippen molar-refractivity contribution in [2.75, 3.05) is 11.9 Å². The molecule has 0 aliphatic heterocycles. The van der Waals surface area contributed by atoms with E-state index in [9.17, 15) is 14.4 Å². The highest BCUT2D eigenvalue weighted by molar-refractivity contribution is 7.08. The molecule has 1 aliphatic carbocycles. The Morgan fingerprint density at radius 2 is 2.00 bits per heavy atom. The monoisotopic (exact) mass is 386 g/mol. The van der Waals surface area contributed by atoms with E-state index in [-0.39, 0.29) is 24.8 Å². The highest BCUT2D eigenvalue weighted by Gasteiger charge is 2.19. The molecular weight excluding hydrogens is 364 g/mol. The summed E-state index contributed by atoms with van der Waals surface area (Å²) in [4.78, 5) is 35.9. The van der Waals surface area contributed by atoms with Crippen molar-refractivity contribution in [1.82, 2.24) is 5.32 Å². The van der Waals surface area contributed by atoms with Crippen LogP contribution in [0.3, 0.4) is 0 Å². The Kier molecular flexibility index (Phi) is 6.24. The highest BCUT2D eigenvalue weighted by Crippen LogP contribution is 2.25. The first-order valence-electron chi connectivity index (χ1n) is 8.95. The number of carbonyl (C=O) groups is 3. The van der Waals surface area contributed by atoms with Gasteiger partial charge >= 0.3 is 5.97 Å². The number of nitrogens with one attached hydrogen (secondary N) is 2. The molecule has 1 atom stereocenters. The summed E-state index contributed by atoms with van der Waals surface area (Å²) in [5.41, 5.74) is 3.87. The van der Waals surface area contributed by atoms with Crippen LogP contribution in [0.4, 0.5) is 5.69 Å². The number of thiophene rings is 1. The van der Waals surface area contributed by atoms with Gasteiger partial charge in [0, 0.05) is 23.2 Å². The topological polar surface area (TPSA) is 84.5 Å². The molecule has 1 heterocycles. The van der Waals surface area contributed by atoms with Crippen molar-refractivity contribution in [3.8, 4) is 0 Å². The maximum atomic E-state index is 12.2. The largest absolute Gasteiger partial charge is 0.452 e. The molecule has 7 heteroatoms. The number of carbonyl (C=O) groups excluding carboxylic acids is 3. The van der Waals surface area contributed by atoms with Gasteiger partial charge in [0.05, 0.1) is 6.42 Å². The van der Waals surface area contributed by atoms with Gasteiger partial charge in [-0.3, -0.25) is 14.4 Å². The molecular formula is C20H22N2O4S. The van der Waals surface area contributed by atoms with E-state index in [1.54, 1.807) is 11.4 Å². The maximum absolute atomic E-state index is 12.2. The van der Waals surface area contributed by atoms with Crippen molar-refractivity contribution in [3.05, 3.63) is 51.7 Å². The smallest absolute Gasteiger partial charge is 0.308 e. The van der Waals surface area contributed by atoms with Crippen molar-refractivity contribution in [1.29, 1.82) is 0 Å². The number of hydrogen-bond acceptors (Lipinski definition) is 5. The first kappa shape index (κ1) is 19.1. The fourth-order valence-corrected chi connectivity index (χ4v) is 3.61. The van der Waals surface area contributed by atoms with Gasteiger partial charge < -0.3 is 15.4 Å². The van der Waals surface area contributed by atoms with Gasteiger partial charge in [0.25, 0.3) is 11.8 Å². The Bertz CT molecular complexity index is 833. The van der Waals surface area contributed by atoms with Crippen LogP contribution >= 0.6 is 11.3 Å². The van der Waals surface area contributed by atoms with E-state index in [1.807, 2.05) is 23.6 Å². The van der Waals surface area contributed by atoms with E-state index in [1.165, 1.54) is 29.4 Å². The molecule has 2 amide bonds. The van der Waals surface area contributed by atoms with E-state index >= 15 is 0 Å². The van der Waals surface area contributed by atoms with Gasteiger partial charge in [-0.25, -0.2) is 0 Å². The quantitative estimate of drug-likeness (QED) is 0.717. The average Bonchev–Trinajstić information content (AvgIpc) is 3.32. The van der Waals surface area contributed by atoms with Crippen LogP contribution in [0.15, 0.2) is 35.0 Å². The number of aryl methyl sites for hydroxylation is 2. The molecule has 0 saturated heterocycles. The SMILES string of the molecule is CC(OC(=O)CCNC(=O)c1ccsc1)C(=O)Nc1ccc2c(c1)CCC2. The fourth-order valence-electron chi connectivity index (χ4n) is 2.98.